The van der Waals surface area contributed by atoms with Gasteiger partial charge in [-0.25, -0.2) is 0 Å². The van der Waals surface area contributed by atoms with Gasteiger partial charge in [-0.3, -0.25) is 4.70 Å². The van der Waals surface area contributed by atoms with E-state index >= 15 is 0 Å². The second-order valence-corrected chi connectivity index (χ2v) is 2.18. The summed E-state index contributed by atoms with van der Waals surface area (Å²) in [7, 11) is 2.01. The molecule has 9 heavy (non-hydrogen) atoms. The summed E-state index contributed by atoms with van der Waals surface area (Å²) in [4.78, 5) is 0. The van der Waals surface area contributed by atoms with E-state index in [4.69, 9.17) is 4.74 Å². The van der Waals surface area contributed by atoms with Gasteiger partial charge in [0.25, 0.3) is 0 Å². The van der Waals surface area contributed by atoms with Gasteiger partial charge in [-0.05, 0) is 19.9 Å². The summed E-state index contributed by atoms with van der Waals surface area (Å²) in [5.41, 5.74) is 0. The Bertz CT molecular complexity index is 64.1. The zero-order valence-corrected chi connectivity index (χ0v) is 5.72. The lowest BCUT2D eigenvalue weighted by atomic mass is 10.1. The molecule has 1 N–H and O–H groups in total. The Kier molecular flexibility index (Phi) is 4.62. The van der Waals surface area contributed by atoms with Crippen LogP contribution in [0.25, 0.3) is 0 Å². The lowest BCUT2D eigenvalue weighted by Crippen LogP contribution is -2.31. The molecule has 1 fully saturated rings. The minimum atomic E-state index is 0. The summed E-state index contributed by atoms with van der Waals surface area (Å²) in [6.07, 6.45) is 2.35. The molecule has 0 saturated carbocycles. The molecule has 3 heteroatoms. The lowest BCUT2D eigenvalue weighted by Gasteiger charge is -2.20. The van der Waals surface area contributed by atoms with Crippen molar-refractivity contribution < 1.29 is 9.44 Å². The van der Waals surface area contributed by atoms with Gasteiger partial charge in [0.15, 0.2) is 0 Å². The molecule has 0 bridgehead atoms. The zero-order valence-electron chi connectivity index (χ0n) is 5.72. The van der Waals surface area contributed by atoms with Gasteiger partial charge >= 0.3 is 0 Å². The van der Waals surface area contributed by atoms with Crippen molar-refractivity contribution in [3.8, 4) is 0 Å². The Morgan fingerprint density at radius 3 is 2.22 bits per heavy atom. The molecule has 0 aromatic heterocycles. The van der Waals surface area contributed by atoms with Crippen molar-refractivity contribution in [3.05, 3.63) is 0 Å². The third-order valence-electron chi connectivity index (χ3n) is 1.63. The van der Waals surface area contributed by atoms with Gasteiger partial charge in [-0.1, -0.05) is 0 Å². The van der Waals surface area contributed by atoms with E-state index in [2.05, 4.69) is 5.32 Å². The molecule has 1 heterocycles. The maximum Gasteiger partial charge on any atom is 0.0480 e. The smallest absolute Gasteiger partial charge is 0.0480 e. The predicted molar refractivity (Wildman–Crippen MR) is 35.4 cm³/mol. The molecule has 1 aliphatic heterocycles. The number of hydrogen-bond donors (Lipinski definition) is 1. The van der Waals surface area contributed by atoms with E-state index in [0.29, 0.717) is 6.04 Å². The molecule has 0 spiro atoms. The van der Waals surface area contributed by atoms with Crippen molar-refractivity contribution in [1.82, 2.24) is 5.32 Å². The predicted octanol–water partition coefficient (Wildman–Crippen LogP) is 0.537. The molecule has 0 radical (unpaired) electrons. The first kappa shape index (κ1) is 8.85. The fraction of sp³-hybridized carbons (Fsp3) is 1.00. The topological polar surface area (TPSA) is 21.3 Å². The van der Waals surface area contributed by atoms with Crippen molar-refractivity contribution in [2.75, 3.05) is 20.3 Å². The van der Waals surface area contributed by atoms with Crippen LogP contribution in [0.1, 0.15) is 12.8 Å². The highest BCUT2D eigenvalue weighted by Crippen LogP contribution is 2.04. The number of rotatable bonds is 1. The van der Waals surface area contributed by atoms with E-state index in [1.54, 1.807) is 0 Å². The van der Waals surface area contributed by atoms with Crippen LogP contribution in [0.15, 0.2) is 0 Å². The summed E-state index contributed by atoms with van der Waals surface area (Å²) in [6.45, 7) is 1.87. The maximum absolute atomic E-state index is 5.16. The molecule has 0 aliphatic carbocycles. The van der Waals surface area contributed by atoms with E-state index in [9.17, 15) is 0 Å². The molecule has 1 saturated heterocycles. The number of hydrogen-bond acceptors (Lipinski definition) is 2. The molecule has 2 nitrogen and oxygen atoms in total. The maximum atomic E-state index is 5.16. The highest BCUT2D eigenvalue weighted by atomic mass is 19.0. The summed E-state index contributed by atoms with van der Waals surface area (Å²) in [6, 6.07) is 0.712. The molecule has 0 amide bonds. The molecule has 0 aromatic carbocycles. The van der Waals surface area contributed by atoms with Crippen LogP contribution in [0.5, 0.6) is 0 Å². The largest absolute Gasteiger partial charge is 0.381 e. The Hall–Kier alpha value is -0.150. The molecule has 1 aliphatic rings. The summed E-state index contributed by atoms with van der Waals surface area (Å²) in [5, 5.41) is 3.22. The van der Waals surface area contributed by atoms with Crippen LogP contribution in [-0.4, -0.2) is 26.3 Å². The Morgan fingerprint density at radius 2 is 1.89 bits per heavy atom. The Morgan fingerprint density at radius 1 is 1.33 bits per heavy atom. The molecule has 0 aromatic rings. The highest BCUT2D eigenvalue weighted by molar-refractivity contribution is 4.66. The molecular weight excluding hydrogens is 121 g/mol. The van der Waals surface area contributed by atoms with Gasteiger partial charge in [0.2, 0.25) is 0 Å². The second-order valence-electron chi connectivity index (χ2n) is 2.18. The quantitative estimate of drug-likeness (QED) is 0.566. The fourth-order valence-corrected chi connectivity index (χ4v) is 0.986. The third kappa shape index (κ3) is 2.77. The van der Waals surface area contributed by atoms with Gasteiger partial charge in [-0.15, -0.1) is 0 Å². The monoisotopic (exact) mass is 135 g/mol. The van der Waals surface area contributed by atoms with E-state index in [1.807, 2.05) is 7.05 Å². The van der Waals surface area contributed by atoms with Crippen LogP contribution in [0.2, 0.25) is 0 Å². The molecule has 1 rings (SSSR count). The first-order chi connectivity index (χ1) is 3.93. The average Bonchev–Trinajstić information content (AvgIpc) is 1.90. The normalized spacial score (nSPS) is 21.0. The number of ether oxygens (including phenoxy) is 1. The van der Waals surface area contributed by atoms with E-state index in [1.165, 1.54) is 12.8 Å². The third-order valence-corrected chi connectivity index (χ3v) is 1.63. The van der Waals surface area contributed by atoms with Crippen molar-refractivity contribution in [1.29, 1.82) is 0 Å². The molecule has 0 atom stereocenters. The van der Waals surface area contributed by atoms with Crippen LogP contribution in [-0.2, 0) is 4.74 Å². The molecule has 56 valence electrons. The molecular formula is C6H14FNO. The van der Waals surface area contributed by atoms with Crippen LogP contribution < -0.4 is 5.32 Å². The van der Waals surface area contributed by atoms with Gasteiger partial charge < -0.3 is 10.1 Å². The molecule has 0 unspecified atom stereocenters. The van der Waals surface area contributed by atoms with Crippen molar-refractivity contribution in [3.63, 3.8) is 0 Å². The van der Waals surface area contributed by atoms with Gasteiger partial charge in [0.1, 0.15) is 0 Å². The minimum Gasteiger partial charge on any atom is -0.381 e. The highest BCUT2D eigenvalue weighted by Gasteiger charge is 2.09. The van der Waals surface area contributed by atoms with E-state index in [0.717, 1.165) is 13.2 Å². The fourth-order valence-electron chi connectivity index (χ4n) is 0.986. The second kappa shape index (κ2) is 4.70. The Balaban J connectivity index is 0.000000640. The van der Waals surface area contributed by atoms with Gasteiger partial charge in [-0.2, -0.15) is 0 Å². The van der Waals surface area contributed by atoms with Crippen LogP contribution in [0.3, 0.4) is 0 Å². The summed E-state index contributed by atoms with van der Waals surface area (Å²) in [5.74, 6) is 0. The first-order valence-electron chi connectivity index (χ1n) is 3.18. The lowest BCUT2D eigenvalue weighted by molar-refractivity contribution is 0.0799. The zero-order chi connectivity index (χ0) is 5.82. The summed E-state index contributed by atoms with van der Waals surface area (Å²) < 4.78 is 5.16. The van der Waals surface area contributed by atoms with Crippen molar-refractivity contribution in [2.45, 2.75) is 18.9 Å². The summed E-state index contributed by atoms with van der Waals surface area (Å²) >= 11 is 0. The average molecular weight is 135 g/mol. The van der Waals surface area contributed by atoms with E-state index < -0.39 is 0 Å². The van der Waals surface area contributed by atoms with Crippen LogP contribution >= 0.6 is 0 Å². The number of nitrogens with one attached hydrogen (secondary N) is 1. The minimum absolute atomic E-state index is 0. The van der Waals surface area contributed by atoms with E-state index in [-0.39, 0.29) is 4.70 Å². The van der Waals surface area contributed by atoms with Crippen molar-refractivity contribution >= 4 is 0 Å². The SMILES string of the molecule is CNC1CCOCC1.F. The standard InChI is InChI=1S/C6H13NO.FH/c1-7-6-2-4-8-5-3-6;/h6-7H,2-5H2,1H3;1H. The number of halogens is 1. The van der Waals surface area contributed by atoms with Crippen LogP contribution in [0.4, 0.5) is 4.70 Å². The van der Waals surface area contributed by atoms with Gasteiger partial charge in [0, 0.05) is 19.3 Å². The first-order valence-corrected chi connectivity index (χ1v) is 3.18. The van der Waals surface area contributed by atoms with Crippen LogP contribution in [0, 0.1) is 0 Å². The Labute approximate surface area is 55.0 Å². The van der Waals surface area contributed by atoms with Crippen molar-refractivity contribution in [2.24, 2.45) is 0 Å². The van der Waals surface area contributed by atoms with Gasteiger partial charge in [0.05, 0.1) is 0 Å².